The van der Waals surface area contributed by atoms with Crippen LogP contribution in [0.1, 0.15) is 12.8 Å². The largest absolute Gasteiger partial charge is 0.341 e. The standard InChI is InChI=1S/C16H18ClN5O2/c17-13-10-12(4-5-14(13)22-9-3-6-19-22)20-16(24)18-11-15(23)21-7-1-2-8-21/h3-6,9-10H,1-2,7-8,11H2,(H2,18,20,24). The van der Waals surface area contributed by atoms with Gasteiger partial charge in [0.25, 0.3) is 0 Å². The van der Waals surface area contributed by atoms with Gasteiger partial charge in [-0.15, -0.1) is 0 Å². The van der Waals surface area contributed by atoms with Crippen molar-refractivity contribution in [3.63, 3.8) is 0 Å². The SMILES string of the molecule is O=C(NCC(=O)N1CCCC1)Nc1ccc(-n2cccn2)c(Cl)c1. The molecule has 0 aliphatic carbocycles. The third kappa shape index (κ3) is 3.86. The predicted molar refractivity (Wildman–Crippen MR) is 91.4 cm³/mol. The molecule has 2 aromatic rings. The van der Waals surface area contributed by atoms with Crippen LogP contribution in [0, 0.1) is 0 Å². The number of carbonyl (C=O) groups is 2. The normalized spacial score (nSPS) is 13.8. The van der Waals surface area contributed by atoms with Crippen molar-refractivity contribution in [2.45, 2.75) is 12.8 Å². The van der Waals surface area contributed by atoms with E-state index < -0.39 is 6.03 Å². The van der Waals surface area contributed by atoms with Crippen molar-refractivity contribution < 1.29 is 9.59 Å². The first-order chi connectivity index (χ1) is 11.6. The molecule has 1 aromatic carbocycles. The van der Waals surface area contributed by atoms with Gasteiger partial charge in [0.15, 0.2) is 0 Å². The highest BCUT2D eigenvalue weighted by atomic mass is 35.5. The Bertz CT molecular complexity index is 726. The summed E-state index contributed by atoms with van der Waals surface area (Å²) in [6.07, 6.45) is 5.50. The Morgan fingerprint density at radius 2 is 2.04 bits per heavy atom. The molecule has 1 aliphatic rings. The number of nitrogens with one attached hydrogen (secondary N) is 2. The molecule has 0 bridgehead atoms. The summed E-state index contributed by atoms with van der Waals surface area (Å²) in [5, 5.41) is 9.81. The van der Waals surface area contributed by atoms with Crippen LogP contribution in [0.5, 0.6) is 0 Å². The van der Waals surface area contributed by atoms with Crippen molar-refractivity contribution in [1.82, 2.24) is 20.0 Å². The molecule has 1 aromatic heterocycles. The van der Waals surface area contributed by atoms with E-state index in [1.165, 1.54) is 0 Å². The van der Waals surface area contributed by atoms with Gasteiger partial charge in [0.05, 0.1) is 17.3 Å². The molecule has 2 N–H and O–H groups in total. The summed E-state index contributed by atoms with van der Waals surface area (Å²) in [5.41, 5.74) is 1.26. The number of carbonyl (C=O) groups excluding carboxylic acids is 2. The van der Waals surface area contributed by atoms with Gasteiger partial charge in [-0.05, 0) is 37.1 Å². The van der Waals surface area contributed by atoms with Crippen molar-refractivity contribution >= 4 is 29.2 Å². The molecular formula is C16H18ClN5O2. The topological polar surface area (TPSA) is 79.3 Å². The highest BCUT2D eigenvalue weighted by Crippen LogP contribution is 2.23. The van der Waals surface area contributed by atoms with Crippen molar-refractivity contribution in [1.29, 1.82) is 0 Å². The molecule has 0 atom stereocenters. The fraction of sp³-hybridized carbons (Fsp3) is 0.312. The number of anilines is 1. The van der Waals surface area contributed by atoms with Crippen LogP contribution >= 0.6 is 11.6 Å². The van der Waals surface area contributed by atoms with Crippen molar-refractivity contribution in [3.05, 3.63) is 41.7 Å². The lowest BCUT2D eigenvalue weighted by Crippen LogP contribution is -2.40. The van der Waals surface area contributed by atoms with Gasteiger partial charge in [-0.3, -0.25) is 4.79 Å². The van der Waals surface area contributed by atoms with E-state index in [9.17, 15) is 9.59 Å². The molecule has 8 heteroatoms. The number of benzene rings is 1. The van der Waals surface area contributed by atoms with Gasteiger partial charge >= 0.3 is 6.03 Å². The molecule has 1 aliphatic heterocycles. The molecule has 24 heavy (non-hydrogen) atoms. The zero-order valence-corrected chi connectivity index (χ0v) is 13.8. The summed E-state index contributed by atoms with van der Waals surface area (Å²) in [7, 11) is 0. The number of likely N-dealkylation sites (tertiary alicyclic amines) is 1. The molecule has 7 nitrogen and oxygen atoms in total. The number of hydrogen-bond donors (Lipinski definition) is 2. The predicted octanol–water partition coefficient (Wildman–Crippen LogP) is 2.27. The first kappa shape index (κ1) is 16.3. The molecule has 0 spiro atoms. The van der Waals surface area contributed by atoms with E-state index in [2.05, 4.69) is 15.7 Å². The van der Waals surface area contributed by atoms with Gasteiger partial charge in [-0.25, -0.2) is 9.48 Å². The van der Waals surface area contributed by atoms with Crippen LogP contribution < -0.4 is 10.6 Å². The second kappa shape index (κ2) is 7.35. The second-order valence-electron chi connectivity index (χ2n) is 5.51. The van der Waals surface area contributed by atoms with Gasteiger partial charge in [-0.2, -0.15) is 5.10 Å². The smallest absolute Gasteiger partial charge is 0.319 e. The summed E-state index contributed by atoms with van der Waals surface area (Å²) in [4.78, 5) is 25.5. The number of aromatic nitrogens is 2. The van der Waals surface area contributed by atoms with Crippen LogP contribution in [0.25, 0.3) is 5.69 Å². The van der Waals surface area contributed by atoms with Crippen LogP contribution in [-0.4, -0.2) is 46.3 Å². The van der Waals surface area contributed by atoms with Crippen molar-refractivity contribution in [2.24, 2.45) is 0 Å². The number of amides is 3. The lowest BCUT2D eigenvalue weighted by atomic mass is 10.3. The molecular weight excluding hydrogens is 330 g/mol. The van der Waals surface area contributed by atoms with E-state index in [-0.39, 0.29) is 12.5 Å². The van der Waals surface area contributed by atoms with E-state index in [0.717, 1.165) is 31.6 Å². The van der Waals surface area contributed by atoms with E-state index >= 15 is 0 Å². The van der Waals surface area contributed by atoms with Crippen LogP contribution in [-0.2, 0) is 4.79 Å². The number of rotatable bonds is 4. The lowest BCUT2D eigenvalue weighted by Gasteiger charge is -2.15. The Balaban J connectivity index is 1.54. The number of urea groups is 1. The number of hydrogen-bond acceptors (Lipinski definition) is 3. The number of nitrogens with zero attached hydrogens (tertiary/aromatic N) is 3. The fourth-order valence-corrected chi connectivity index (χ4v) is 2.86. The molecule has 0 saturated carbocycles. The first-order valence-corrected chi connectivity index (χ1v) is 8.13. The zero-order chi connectivity index (χ0) is 16.9. The number of halogens is 1. The van der Waals surface area contributed by atoms with E-state index in [1.807, 2.05) is 0 Å². The zero-order valence-electron chi connectivity index (χ0n) is 13.0. The highest BCUT2D eigenvalue weighted by molar-refractivity contribution is 6.32. The van der Waals surface area contributed by atoms with E-state index in [1.54, 1.807) is 46.2 Å². The summed E-state index contributed by atoms with van der Waals surface area (Å²) in [5.74, 6) is -0.0605. The Morgan fingerprint density at radius 1 is 1.25 bits per heavy atom. The summed E-state index contributed by atoms with van der Waals surface area (Å²) < 4.78 is 1.64. The van der Waals surface area contributed by atoms with Crippen molar-refractivity contribution in [3.8, 4) is 5.69 Å². The molecule has 3 rings (SSSR count). The summed E-state index contributed by atoms with van der Waals surface area (Å²) in [6.45, 7) is 1.53. The summed E-state index contributed by atoms with van der Waals surface area (Å²) in [6, 6.07) is 6.49. The van der Waals surface area contributed by atoms with Gasteiger partial charge in [0, 0.05) is 31.2 Å². The second-order valence-corrected chi connectivity index (χ2v) is 5.92. The molecule has 1 fully saturated rings. The average Bonchev–Trinajstić information content (AvgIpc) is 3.26. The maximum absolute atomic E-state index is 11.9. The molecule has 0 unspecified atom stereocenters. The molecule has 126 valence electrons. The first-order valence-electron chi connectivity index (χ1n) is 7.76. The van der Waals surface area contributed by atoms with Crippen LogP contribution in [0.3, 0.4) is 0 Å². The van der Waals surface area contributed by atoms with Crippen LogP contribution in [0.2, 0.25) is 5.02 Å². The molecule has 0 radical (unpaired) electrons. The molecule has 2 heterocycles. The Morgan fingerprint density at radius 3 is 2.71 bits per heavy atom. The third-order valence-electron chi connectivity index (χ3n) is 3.82. The molecule has 1 saturated heterocycles. The Hall–Kier alpha value is -2.54. The van der Waals surface area contributed by atoms with Crippen LogP contribution in [0.15, 0.2) is 36.7 Å². The molecule has 3 amide bonds. The Kier molecular flexibility index (Phi) is 5.00. The minimum absolute atomic E-state index is 0.00899. The quantitative estimate of drug-likeness (QED) is 0.890. The van der Waals surface area contributed by atoms with Gasteiger partial charge in [0.1, 0.15) is 0 Å². The highest BCUT2D eigenvalue weighted by Gasteiger charge is 2.18. The van der Waals surface area contributed by atoms with E-state index in [0.29, 0.717) is 10.7 Å². The van der Waals surface area contributed by atoms with E-state index in [4.69, 9.17) is 11.6 Å². The van der Waals surface area contributed by atoms with Gasteiger partial charge < -0.3 is 15.5 Å². The summed E-state index contributed by atoms with van der Waals surface area (Å²) >= 11 is 6.22. The lowest BCUT2D eigenvalue weighted by molar-refractivity contribution is -0.128. The minimum atomic E-state index is -0.439. The minimum Gasteiger partial charge on any atom is -0.341 e. The average molecular weight is 348 g/mol. The fourth-order valence-electron chi connectivity index (χ4n) is 2.59. The maximum Gasteiger partial charge on any atom is 0.319 e. The Labute approximate surface area is 144 Å². The maximum atomic E-state index is 11.9. The van der Waals surface area contributed by atoms with Crippen LogP contribution in [0.4, 0.5) is 10.5 Å². The third-order valence-corrected chi connectivity index (χ3v) is 4.12. The monoisotopic (exact) mass is 347 g/mol. The van der Waals surface area contributed by atoms with Crippen molar-refractivity contribution in [2.75, 3.05) is 25.0 Å². The van der Waals surface area contributed by atoms with Gasteiger partial charge in [-0.1, -0.05) is 11.6 Å². The van der Waals surface area contributed by atoms with Gasteiger partial charge in [0.2, 0.25) is 5.91 Å².